The van der Waals surface area contributed by atoms with Crippen LogP contribution in [0.5, 0.6) is 23.0 Å². The summed E-state index contributed by atoms with van der Waals surface area (Å²) in [6.07, 6.45) is 10.0. The van der Waals surface area contributed by atoms with Crippen LogP contribution in [0.3, 0.4) is 0 Å². The van der Waals surface area contributed by atoms with Crippen molar-refractivity contribution in [1.82, 2.24) is 24.0 Å². The average molecular weight is 1660 g/mol. The molecular formula is C79H103ClN8O21S4. The van der Waals surface area contributed by atoms with Crippen LogP contribution in [0.2, 0.25) is 5.02 Å². The highest BCUT2D eigenvalue weighted by Crippen LogP contribution is 2.43. The molecule has 1 aromatic heterocycles. The normalized spacial score (nSPS) is 15.1. The van der Waals surface area contributed by atoms with Crippen LogP contribution in [-0.4, -0.2) is 150 Å². The number of amides is 4. The maximum absolute atomic E-state index is 13.1. The smallest absolute Gasteiger partial charge is 0.340 e. The third-order valence-electron chi connectivity index (χ3n) is 15.5. The summed E-state index contributed by atoms with van der Waals surface area (Å²) in [6, 6.07) is 28.6. The number of hydrogen-bond acceptors (Lipinski definition) is 26. The number of ether oxygens (including phenoxy) is 6. The van der Waals surface area contributed by atoms with E-state index in [0.29, 0.717) is 53.3 Å². The highest BCUT2D eigenvalue weighted by molar-refractivity contribution is 8.04. The Balaban J connectivity index is 0.000000237. The van der Waals surface area contributed by atoms with Gasteiger partial charge in [-0.3, -0.25) is 24.1 Å². The number of sulfonamides is 3. The molecule has 3 aliphatic heterocycles. The summed E-state index contributed by atoms with van der Waals surface area (Å²) in [5.74, 6) is -3.29. The summed E-state index contributed by atoms with van der Waals surface area (Å²) in [7, 11) is -11.2. The fraction of sp³-hybridized carbons (Fsp3) is 0.443. The third-order valence-corrected chi connectivity index (χ3v) is 21.6. The molecule has 4 amide bonds. The molecule has 0 saturated carbocycles. The molecule has 3 saturated heterocycles. The van der Waals surface area contributed by atoms with E-state index in [0.717, 1.165) is 84.5 Å². The third kappa shape index (κ3) is 29.4. The van der Waals surface area contributed by atoms with E-state index in [9.17, 15) is 63.6 Å². The highest BCUT2D eigenvalue weighted by atomic mass is 35.5. The van der Waals surface area contributed by atoms with Gasteiger partial charge in [-0.2, -0.15) is 0 Å². The number of esters is 4. The Bertz CT molecular complexity index is 4760. The molecule has 616 valence electrons. The number of furan rings is 1. The van der Waals surface area contributed by atoms with E-state index >= 15 is 0 Å². The van der Waals surface area contributed by atoms with Gasteiger partial charge in [0, 0.05) is 47.5 Å². The topological polar surface area (TPSA) is 377 Å². The predicted octanol–water partition coefficient (Wildman–Crippen LogP) is 13.8. The zero-order valence-corrected chi connectivity index (χ0v) is 70.8. The first kappa shape index (κ1) is 92.2. The molecule has 0 radical (unpaired) electrons. The molecule has 0 spiro atoms. The van der Waals surface area contributed by atoms with Gasteiger partial charge >= 0.3 is 23.9 Å². The lowest BCUT2D eigenvalue weighted by molar-refractivity contribution is -0.148. The quantitative estimate of drug-likeness (QED) is 0.0172. The summed E-state index contributed by atoms with van der Waals surface area (Å²) < 4.78 is 121. The molecule has 34 heteroatoms. The van der Waals surface area contributed by atoms with E-state index in [4.69, 9.17) is 44.4 Å². The van der Waals surface area contributed by atoms with Gasteiger partial charge in [0.1, 0.15) is 59.7 Å². The van der Waals surface area contributed by atoms with Crippen molar-refractivity contribution >= 4 is 118 Å². The second kappa shape index (κ2) is 39.9. The summed E-state index contributed by atoms with van der Waals surface area (Å²) in [5.41, 5.74) is -1.81. The number of para-hydroxylation sites is 2. The van der Waals surface area contributed by atoms with Crippen molar-refractivity contribution in [1.29, 1.82) is 0 Å². The zero-order chi connectivity index (χ0) is 84.2. The van der Waals surface area contributed by atoms with Gasteiger partial charge in [0.25, 0.3) is 36.0 Å². The maximum Gasteiger partial charge on any atom is 0.340 e. The number of piperidine rings is 1. The molecule has 3 fully saturated rings. The predicted molar refractivity (Wildman–Crippen MR) is 430 cm³/mol. The van der Waals surface area contributed by atoms with Crippen molar-refractivity contribution < 1.29 is 96.4 Å². The number of hydrogen-bond donors (Lipinski definition) is 5. The number of carbonyl (C=O) groups is 8. The van der Waals surface area contributed by atoms with Gasteiger partial charge in [0.05, 0.1) is 62.7 Å². The van der Waals surface area contributed by atoms with Crippen LogP contribution >= 0.6 is 23.4 Å². The van der Waals surface area contributed by atoms with Gasteiger partial charge in [-0.1, -0.05) is 79.5 Å². The molecule has 9 rings (SSSR count). The Labute approximate surface area is 671 Å². The molecule has 1 unspecified atom stereocenters. The number of benzene rings is 5. The largest absolute Gasteiger partial charge is 0.467 e. The first-order valence-electron chi connectivity index (χ1n) is 36.4. The molecule has 0 bridgehead atoms. The molecule has 1 atom stereocenters. The number of rotatable bonds is 23. The van der Waals surface area contributed by atoms with E-state index in [1.807, 2.05) is 52.8 Å². The number of thioether (sulfide) groups is 1. The van der Waals surface area contributed by atoms with Crippen molar-refractivity contribution in [3.8, 4) is 23.0 Å². The van der Waals surface area contributed by atoms with Crippen LogP contribution in [0, 0.1) is 0 Å². The zero-order valence-electron chi connectivity index (χ0n) is 66.7. The lowest BCUT2D eigenvalue weighted by atomic mass is 10.1. The number of likely N-dealkylation sites (N-methyl/N-ethyl adjacent to an activating group) is 1. The first-order valence-corrected chi connectivity index (χ1v) is 42.1. The lowest BCUT2D eigenvalue weighted by Gasteiger charge is -2.29. The van der Waals surface area contributed by atoms with E-state index in [2.05, 4.69) is 15.5 Å². The molecule has 5 aromatic carbocycles. The van der Waals surface area contributed by atoms with Gasteiger partial charge in [-0.25, -0.2) is 58.6 Å². The van der Waals surface area contributed by atoms with Crippen LogP contribution < -0.4 is 39.2 Å². The van der Waals surface area contributed by atoms with Crippen molar-refractivity contribution in [2.75, 3.05) is 55.3 Å². The van der Waals surface area contributed by atoms with E-state index in [-0.39, 0.29) is 66.5 Å². The Morgan fingerprint density at radius 2 is 1.01 bits per heavy atom. The monoisotopic (exact) mass is 1660 g/mol. The fourth-order valence-corrected chi connectivity index (χ4v) is 16.0. The summed E-state index contributed by atoms with van der Waals surface area (Å²) in [5, 5.41) is 6.45. The molecule has 113 heavy (non-hydrogen) atoms. The number of likely N-dealkylation sites (tertiary alicyclic amines) is 1. The van der Waals surface area contributed by atoms with Crippen LogP contribution in [0.15, 0.2) is 146 Å². The Morgan fingerprint density at radius 1 is 0.549 bits per heavy atom. The summed E-state index contributed by atoms with van der Waals surface area (Å²) >= 11 is 7.57. The van der Waals surface area contributed by atoms with Gasteiger partial charge in [0.2, 0.25) is 17.7 Å². The second-order valence-electron chi connectivity index (χ2n) is 30.2. The number of nitrogens with one attached hydrogen (secondary N) is 5. The number of halogens is 1. The molecule has 6 aromatic rings. The summed E-state index contributed by atoms with van der Waals surface area (Å²) in [6.45, 7) is 30.2. The molecule has 4 heterocycles. The van der Waals surface area contributed by atoms with Crippen LogP contribution in [0.4, 0.5) is 17.1 Å². The average Bonchev–Trinajstić information content (AvgIpc) is 1.72. The van der Waals surface area contributed by atoms with Crippen molar-refractivity contribution in [2.45, 2.75) is 205 Å². The van der Waals surface area contributed by atoms with Crippen LogP contribution in [0.25, 0.3) is 0 Å². The number of nitrogens with zero attached hydrogens (tertiary/aromatic N) is 3. The van der Waals surface area contributed by atoms with Crippen molar-refractivity contribution in [3.63, 3.8) is 0 Å². The highest BCUT2D eigenvalue weighted by Gasteiger charge is 2.40. The standard InChI is InChI=1S/C23H28N2O6S.C23H30N2O6S.C18H21ClN2O6S.C15H24N2O3S/c1-16(26)24-32(28,29)20-15-17(22(27)31-23(2,3)4)14-19(25-12-8-9-13-25)21(20)30-18-10-6-5-7-11-18;1-6-7-13-24-19-14-17(22(27)31-23(3,4)5)15-20(32(28,29)25-16(2)26)21(19)30-18-11-9-8-10-12-18;1-11(22)21-28(24,25)16-8-13(17(23)27-18(2,3)4)15(9-14(16)19)20-10-12-6-5-7-26-12;1-15(2,3)20-12(18)10-11-16(4)13(19)14(21-11)17-8-6-5-7-9-17/h5-7,10-11,14-15H,8-9,12-13H2,1-4H3,(H,24,26);8-12,14-15,24H,6-7,13H2,1-5H3,(H,25,26);5-9,20H,10H2,1-4H3,(H,21,22);10,14H,5-9H2,1-4H3/b;;;11-10-. The molecular weight excluding hydrogens is 1560 g/mol. The van der Waals surface area contributed by atoms with E-state index in [1.165, 1.54) is 48.7 Å². The molecule has 5 N–H and O–H groups in total. The van der Waals surface area contributed by atoms with Gasteiger partial charge in [0.15, 0.2) is 11.5 Å². The number of carbonyl (C=O) groups excluding carboxylic acids is 8. The van der Waals surface area contributed by atoms with Crippen molar-refractivity contribution in [3.05, 3.63) is 154 Å². The fourth-order valence-electron chi connectivity index (χ4n) is 10.8. The Kier molecular flexibility index (Phi) is 32.5. The minimum absolute atomic E-state index is 0.0169. The summed E-state index contributed by atoms with van der Waals surface area (Å²) in [4.78, 5) is 102. The number of anilines is 3. The second-order valence-corrected chi connectivity index (χ2v) is 36.7. The molecule has 29 nitrogen and oxygen atoms in total. The van der Waals surface area contributed by atoms with Gasteiger partial charge < -0.3 is 53.3 Å². The maximum atomic E-state index is 13.1. The van der Waals surface area contributed by atoms with E-state index < -0.39 is 99.0 Å². The minimum atomic E-state index is -4.34. The van der Waals surface area contributed by atoms with E-state index in [1.54, 1.807) is 147 Å². The van der Waals surface area contributed by atoms with Gasteiger partial charge in [-0.05, 0) is 201 Å². The number of unbranched alkanes of at least 4 members (excludes halogenated alkanes) is 1. The van der Waals surface area contributed by atoms with Gasteiger partial charge in [-0.15, -0.1) is 0 Å². The molecule has 3 aliphatic rings. The Hall–Kier alpha value is -9.67. The van der Waals surface area contributed by atoms with Crippen LogP contribution in [-0.2, 0) is 79.5 Å². The lowest BCUT2D eigenvalue weighted by Crippen LogP contribution is -2.42. The van der Waals surface area contributed by atoms with Crippen LogP contribution in [0.1, 0.15) is 193 Å². The minimum Gasteiger partial charge on any atom is -0.467 e. The Morgan fingerprint density at radius 3 is 1.48 bits per heavy atom. The SMILES string of the molecule is CC(=O)NS(=O)(=O)c1cc(C(=O)OC(C)(C)C)c(NCc2ccco2)cc1Cl.CC(=O)NS(=O)(=O)c1cc(C(=O)OC(C)(C)C)cc(N2CCCC2)c1Oc1ccccc1.CCCCNc1cc(C(=O)OC(C)(C)C)cc(S(=O)(=O)NC(C)=O)c1Oc1ccccc1.CN1C(=O)C(N2CCCCC2)S/C1=C\C(=O)OC(C)(C)C. The molecule has 0 aliphatic carbocycles. The van der Waals surface area contributed by atoms with Crippen molar-refractivity contribution in [2.24, 2.45) is 0 Å². The first-order chi connectivity index (χ1) is 52.6.